The largest absolute Gasteiger partial charge is 0.389 e. The standard InChI is InChI=1S/C13H20N2O2/c16-12(11-13(17)5-1-2-6-13)14-7-10-15-8-3-4-9-15/h3-4,8-9,17H,1-2,5-7,10-11H2,(H,14,16). The van der Waals surface area contributed by atoms with E-state index < -0.39 is 5.60 Å². The molecule has 0 saturated heterocycles. The molecule has 4 heteroatoms. The predicted octanol–water partition coefficient (Wildman–Crippen LogP) is 1.30. The fourth-order valence-electron chi connectivity index (χ4n) is 2.41. The van der Waals surface area contributed by atoms with Crippen molar-refractivity contribution in [2.45, 2.75) is 44.2 Å². The van der Waals surface area contributed by atoms with Crippen molar-refractivity contribution < 1.29 is 9.90 Å². The minimum Gasteiger partial charge on any atom is -0.389 e. The van der Waals surface area contributed by atoms with E-state index in [0.717, 1.165) is 32.2 Å². The first kappa shape index (κ1) is 12.2. The Balaban J connectivity index is 1.67. The highest BCUT2D eigenvalue weighted by Gasteiger charge is 2.33. The molecule has 1 amide bonds. The van der Waals surface area contributed by atoms with Gasteiger partial charge in [-0.05, 0) is 25.0 Å². The Bertz CT molecular complexity index is 354. The molecule has 0 aliphatic heterocycles. The lowest BCUT2D eigenvalue weighted by atomic mass is 9.98. The molecule has 1 saturated carbocycles. The van der Waals surface area contributed by atoms with Crippen molar-refractivity contribution >= 4 is 5.91 Å². The van der Waals surface area contributed by atoms with E-state index in [1.807, 2.05) is 29.1 Å². The summed E-state index contributed by atoms with van der Waals surface area (Å²) in [7, 11) is 0. The molecule has 2 N–H and O–H groups in total. The number of amides is 1. The molecule has 0 spiro atoms. The van der Waals surface area contributed by atoms with Gasteiger partial charge in [-0.3, -0.25) is 4.79 Å². The van der Waals surface area contributed by atoms with Crippen molar-refractivity contribution in [2.75, 3.05) is 6.54 Å². The maximum absolute atomic E-state index is 11.7. The smallest absolute Gasteiger partial charge is 0.222 e. The lowest BCUT2D eigenvalue weighted by Crippen LogP contribution is -2.35. The number of nitrogens with one attached hydrogen (secondary N) is 1. The molecule has 94 valence electrons. The van der Waals surface area contributed by atoms with E-state index in [0.29, 0.717) is 6.54 Å². The topological polar surface area (TPSA) is 54.3 Å². The molecule has 0 aromatic carbocycles. The second-order valence-corrected chi connectivity index (χ2v) is 4.88. The van der Waals surface area contributed by atoms with Crippen LogP contribution >= 0.6 is 0 Å². The van der Waals surface area contributed by atoms with E-state index in [-0.39, 0.29) is 12.3 Å². The van der Waals surface area contributed by atoms with Gasteiger partial charge in [-0.25, -0.2) is 0 Å². The molecule has 1 aromatic rings. The van der Waals surface area contributed by atoms with Gasteiger partial charge in [0.25, 0.3) is 0 Å². The number of aliphatic hydroxyl groups is 1. The summed E-state index contributed by atoms with van der Waals surface area (Å²) in [5, 5.41) is 12.9. The first-order chi connectivity index (χ1) is 8.18. The summed E-state index contributed by atoms with van der Waals surface area (Å²) in [5.74, 6) is -0.0402. The van der Waals surface area contributed by atoms with Gasteiger partial charge in [0.05, 0.1) is 12.0 Å². The highest BCUT2D eigenvalue weighted by atomic mass is 16.3. The minimum absolute atomic E-state index is 0.0402. The fourth-order valence-corrected chi connectivity index (χ4v) is 2.41. The maximum atomic E-state index is 11.7. The van der Waals surface area contributed by atoms with E-state index >= 15 is 0 Å². The molecule has 0 radical (unpaired) electrons. The number of aromatic nitrogens is 1. The molecule has 1 aromatic heterocycles. The normalized spacial score (nSPS) is 18.2. The molecule has 0 bridgehead atoms. The van der Waals surface area contributed by atoms with Crippen LogP contribution in [-0.2, 0) is 11.3 Å². The van der Waals surface area contributed by atoms with Crippen molar-refractivity contribution in [1.29, 1.82) is 0 Å². The van der Waals surface area contributed by atoms with Crippen LogP contribution in [0.25, 0.3) is 0 Å². The Morgan fingerprint density at radius 3 is 2.59 bits per heavy atom. The van der Waals surface area contributed by atoms with Gasteiger partial charge in [0.15, 0.2) is 0 Å². The third kappa shape index (κ3) is 3.60. The van der Waals surface area contributed by atoms with Crippen LogP contribution in [0.5, 0.6) is 0 Å². The maximum Gasteiger partial charge on any atom is 0.222 e. The van der Waals surface area contributed by atoms with Gasteiger partial charge in [-0.1, -0.05) is 12.8 Å². The van der Waals surface area contributed by atoms with E-state index in [1.165, 1.54) is 0 Å². The second-order valence-electron chi connectivity index (χ2n) is 4.88. The van der Waals surface area contributed by atoms with Crippen molar-refractivity contribution in [1.82, 2.24) is 9.88 Å². The van der Waals surface area contributed by atoms with Crippen LogP contribution < -0.4 is 5.32 Å². The Morgan fingerprint density at radius 1 is 1.29 bits per heavy atom. The van der Waals surface area contributed by atoms with Crippen molar-refractivity contribution in [2.24, 2.45) is 0 Å². The van der Waals surface area contributed by atoms with Gasteiger partial charge in [0.2, 0.25) is 5.91 Å². The molecular formula is C13H20N2O2. The SMILES string of the molecule is O=C(CC1(O)CCCC1)NCCn1cccc1. The monoisotopic (exact) mass is 236 g/mol. The number of carbonyl (C=O) groups excluding carboxylic acids is 1. The molecule has 1 aliphatic rings. The van der Waals surface area contributed by atoms with E-state index in [2.05, 4.69) is 5.32 Å². The predicted molar refractivity (Wildman–Crippen MR) is 65.5 cm³/mol. The first-order valence-corrected chi connectivity index (χ1v) is 6.28. The molecule has 17 heavy (non-hydrogen) atoms. The Hall–Kier alpha value is -1.29. The third-order valence-electron chi connectivity index (χ3n) is 3.38. The summed E-state index contributed by atoms with van der Waals surface area (Å²) in [6, 6.07) is 3.92. The Kier molecular flexibility index (Phi) is 3.84. The van der Waals surface area contributed by atoms with Crippen molar-refractivity contribution in [3.63, 3.8) is 0 Å². The average Bonchev–Trinajstić information content (AvgIpc) is 2.90. The molecule has 0 atom stereocenters. The van der Waals surface area contributed by atoms with Crippen LogP contribution in [0.3, 0.4) is 0 Å². The fraction of sp³-hybridized carbons (Fsp3) is 0.615. The zero-order valence-electron chi connectivity index (χ0n) is 10.1. The van der Waals surface area contributed by atoms with Crippen LogP contribution in [0.1, 0.15) is 32.1 Å². The molecule has 1 aliphatic carbocycles. The lowest BCUT2D eigenvalue weighted by molar-refractivity contribution is -0.125. The third-order valence-corrected chi connectivity index (χ3v) is 3.38. The van der Waals surface area contributed by atoms with Gasteiger partial charge in [-0.2, -0.15) is 0 Å². The summed E-state index contributed by atoms with van der Waals surface area (Å²) in [4.78, 5) is 11.7. The van der Waals surface area contributed by atoms with Crippen molar-refractivity contribution in [3.05, 3.63) is 24.5 Å². The second kappa shape index (κ2) is 5.36. The quantitative estimate of drug-likeness (QED) is 0.809. The van der Waals surface area contributed by atoms with E-state index in [1.54, 1.807) is 0 Å². The molecule has 2 rings (SSSR count). The number of rotatable bonds is 5. The minimum atomic E-state index is -0.739. The van der Waals surface area contributed by atoms with Gasteiger partial charge in [-0.15, -0.1) is 0 Å². The van der Waals surface area contributed by atoms with Crippen LogP contribution in [0.2, 0.25) is 0 Å². The number of hydrogen-bond donors (Lipinski definition) is 2. The molecule has 1 fully saturated rings. The van der Waals surface area contributed by atoms with Gasteiger partial charge >= 0.3 is 0 Å². The number of hydrogen-bond acceptors (Lipinski definition) is 2. The molecule has 0 unspecified atom stereocenters. The summed E-state index contributed by atoms with van der Waals surface area (Å²) in [5.41, 5.74) is -0.739. The van der Waals surface area contributed by atoms with Crippen LogP contribution in [0.15, 0.2) is 24.5 Å². The molecule has 4 nitrogen and oxygen atoms in total. The molecule has 1 heterocycles. The van der Waals surface area contributed by atoms with Gasteiger partial charge in [0, 0.05) is 25.5 Å². The van der Waals surface area contributed by atoms with E-state index in [4.69, 9.17) is 0 Å². The lowest BCUT2D eigenvalue weighted by Gasteiger charge is -2.21. The van der Waals surface area contributed by atoms with Crippen LogP contribution in [0, 0.1) is 0 Å². The first-order valence-electron chi connectivity index (χ1n) is 6.28. The summed E-state index contributed by atoms with van der Waals surface area (Å²) >= 11 is 0. The van der Waals surface area contributed by atoms with Gasteiger partial charge in [0.1, 0.15) is 0 Å². The zero-order chi connectivity index (χ0) is 12.1. The number of carbonyl (C=O) groups is 1. The highest BCUT2D eigenvalue weighted by molar-refractivity contribution is 5.77. The summed E-state index contributed by atoms with van der Waals surface area (Å²) in [6.07, 6.45) is 7.78. The Labute approximate surface area is 102 Å². The summed E-state index contributed by atoms with van der Waals surface area (Å²) in [6.45, 7) is 1.39. The van der Waals surface area contributed by atoms with E-state index in [9.17, 15) is 9.90 Å². The zero-order valence-corrected chi connectivity index (χ0v) is 10.1. The number of nitrogens with zero attached hydrogens (tertiary/aromatic N) is 1. The average molecular weight is 236 g/mol. The Morgan fingerprint density at radius 2 is 1.94 bits per heavy atom. The molecular weight excluding hydrogens is 216 g/mol. The summed E-state index contributed by atoms with van der Waals surface area (Å²) < 4.78 is 2.02. The van der Waals surface area contributed by atoms with Crippen LogP contribution in [0.4, 0.5) is 0 Å². The highest BCUT2D eigenvalue weighted by Crippen LogP contribution is 2.32. The van der Waals surface area contributed by atoms with Crippen LogP contribution in [-0.4, -0.2) is 27.7 Å². The van der Waals surface area contributed by atoms with Crippen molar-refractivity contribution in [3.8, 4) is 0 Å². The van der Waals surface area contributed by atoms with Gasteiger partial charge < -0.3 is 15.0 Å².